The third kappa shape index (κ3) is 19.4. The van der Waals surface area contributed by atoms with E-state index in [0.29, 0.717) is 29.6 Å². The van der Waals surface area contributed by atoms with E-state index in [-0.39, 0.29) is 34.4 Å². The fraction of sp³-hybridized carbons (Fsp3) is 0.643. The molecule has 0 spiro atoms. The van der Waals surface area contributed by atoms with Gasteiger partial charge in [-0.3, -0.25) is 38.4 Å². The van der Waals surface area contributed by atoms with Gasteiger partial charge < -0.3 is 88.1 Å². The number of aromatic hydroxyl groups is 2. The number of nitrogens with one attached hydrogen (secondary N) is 5. The number of thioether (sulfide) groups is 1. The number of benzene rings is 2. The van der Waals surface area contributed by atoms with Gasteiger partial charge in [0.25, 0.3) is 0 Å². The van der Waals surface area contributed by atoms with Crippen molar-refractivity contribution in [2.24, 2.45) is 17.6 Å². The van der Waals surface area contributed by atoms with Crippen molar-refractivity contribution in [3.8, 4) is 11.5 Å². The summed E-state index contributed by atoms with van der Waals surface area (Å²) in [6, 6.07) is -3.11. The first kappa shape index (κ1) is 68.1. The first-order chi connectivity index (χ1) is 39.2. The van der Waals surface area contributed by atoms with Crippen LogP contribution >= 0.6 is 27.7 Å². The molecule has 462 valence electrons. The molecular weight excluding hydrogens is 1170 g/mol. The fourth-order valence-electron chi connectivity index (χ4n) is 10.6. The highest BCUT2D eigenvalue weighted by atomic mass is 79.9. The number of aliphatic hydroxyl groups is 7. The number of rotatable bonds is 22. The summed E-state index contributed by atoms with van der Waals surface area (Å²) >= 11 is 4.02. The molecule has 3 aliphatic rings. The van der Waals surface area contributed by atoms with Crippen LogP contribution in [-0.2, 0) is 38.4 Å². The third-order valence-corrected chi connectivity index (χ3v) is 17.3. The monoisotopic (exact) mass is 1250 g/mol. The third-order valence-electron chi connectivity index (χ3n) is 15.5. The SMILES string of the molecule is CCC(C)CC(C)CCCCCCCCC(=O)N[C@H]1C[C@@H](O)[C@@H](Sc2ccc(O)c(Br)c2)NC(=O)[C@@H]2[C@@H](O)CCN2C(=O)[C@H]([C@H](O)CC(N)=O)NC(=O)[C@H]([C@H](O)[C@@H](O)c2ccc(O)cc2)NC(=O)[C@@H]2C[C@@H](O)CN2C(=O)[C@H]([C@@H](C)O)NC1=O. The van der Waals surface area contributed by atoms with Crippen molar-refractivity contribution < 1.29 is 84.3 Å². The van der Waals surface area contributed by atoms with Crippen LogP contribution in [0.4, 0.5) is 0 Å². The second-order valence-corrected chi connectivity index (χ2v) is 24.4. The molecule has 27 heteroatoms. The van der Waals surface area contributed by atoms with E-state index in [1.165, 1.54) is 36.8 Å². The van der Waals surface area contributed by atoms with Gasteiger partial charge in [0.15, 0.2) is 0 Å². The Morgan fingerprint density at radius 3 is 2.01 bits per heavy atom. The van der Waals surface area contributed by atoms with Crippen LogP contribution < -0.4 is 32.3 Å². The van der Waals surface area contributed by atoms with Crippen LogP contribution in [-0.4, -0.2) is 194 Å². The topological polar surface area (TPSA) is 411 Å². The maximum absolute atomic E-state index is 14.8. The second-order valence-electron chi connectivity index (χ2n) is 22.3. The maximum Gasteiger partial charge on any atom is 0.248 e. The van der Waals surface area contributed by atoms with Crippen molar-refractivity contribution in [2.75, 3.05) is 13.1 Å². The van der Waals surface area contributed by atoms with E-state index < -0.39 is 164 Å². The van der Waals surface area contributed by atoms with Gasteiger partial charge in [-0.05, 0) is 89.8 Å². The molecule has 3 heterocycles. The number of hydrogen-bond acceptors (Lipinski definition) is 18. The zero-order valence-corrected chi connectivity index (χ0v) is 49.5. The first-order valence-corrected chi connectivity index (χ1v) is 30.0. The van der Waals surface area contributed by atoms with Crippen LogP contribution in [0.5, 0.6) is 11.5 Å². The van der Waals surface area contributed by atoms with E-state index >= 15 is 0 Å². The van der Waals surface area contributed by atoms with E-state index in [4.69, 9.17) is 5.73 Å². The number of phenols is 2. The molecule has 2 aromatic rings. The van der Waals surface area contributed by atoms with Gasteiger partial charge in [0.1, 0.15) is 65.3 Å². The molecule has 0 aromatic heterocycles. The largest absolute Gasteiger partial charge is 0.508 e. The summed E-state index contributed by atoms with van der Waals surface area (Å²) in [5.41, 5.74) is 5.30. The Bertz CT molecular complexity index is 2550. The van der Waals surface area contributed by atoms with E-state index in [1.807, 2.05) is 0 Å². The number of primary amides is 1. The number of nitrogens with zero attached hydrogens (tertiary/aromatic N) is 2. The molecular formula is C56H83BrN8O17S. The molecule has 0 radical (unpaired) electrons. The number of carbonyl (C=O) groups is 8. The van der Waals surface area contributed by atoms with E-state index in [2.05, 4.69) is 63.3 Å². The number of amides is 8. The van der Waals surface area contributed by atoms with Gasteiger partial charge >= 0.3 is 0 Å². The summed E-state index contributed by atoms with van der Waals surface area (Å²) < 4.78 is 0.191. The van der Waals surface area contributed by atoms with Crippen LogP contribution in [0.25, 0.3) is 0 Å². The number of aliphatic hydroxyl groups excluding tert-OH is 7. The quantitative estimate of drug-likeness (QED) is 0.0686. The highest BCUT2D eigenvalue weighted by Gasteiger charge is 2.49. The molecule has 3 fully saturated rings. The minimum atomic E-state index is -2.37. The van der Waals surface area contributed by atoms with Gasteiger partial charge in [-0.1, -0.05) is 89.6 Å². The lowest BCUT2D eigenvalue weighted by Gasteiger charge is -2.34. The van der Waals surface area contributed by atoms with Crippen LogP contribution in [0.15, 0.2) is 51.8 Å². The summed E-state index contributed by atoms with van der Waals surface area (Å²) in [6.07, 6.45) is -7.48. The molecule has 5 rings (SSSR count). The standard InChI is InChI=1S/C56H83BrN8O17S/c1-5-28(2)22-29(3)12-10-8-6-7-9-11-13-43(74)59-36-25-41(72)54(83-34-18-19-38(69)35(57)24-34)63-53(80)47-39(70)20-21-64(47)56(82)45(40(71)26-42(58)73)61-52(79)46(49(76)48(75)31-14-16-32(67)17-15-31)62-51(78)37-23-33(68)27-65(37)55(81)44(30(4)66)60-50(36)77/h14-19,24,28-30,33,36-37,39-41,44-49,54,66-72,75-76H,5-13,20-23,25-27H2,1-4H3,(H2,58,73)(H,59,74)(H,60,77)(H,61,79)(H,62,78)(H,63,80)/t28?,29?,30-,33-,36+,37+,39+,40-,41-,44+,45+,46+,47+,48+,49+,54-/m1/s1. The van der Waals surface area contributed by atoms with Gasteiger partial charge in [0.2, 0.25) is 47.3 Å². The Labute approximate surface area is 495 Å². The molecule has 83 heavy (non-hydrogen) atoms. The average molecular weight is 1250 g/mol. The Morgan fingerprint density at radius 1 is 0.747 bits per heavy atom. The number of hydrogen-bond donors (Lipinski definition) is 15. The number of nitrogens with two attached hydrogens (primary N) is 1. The van der Waals surface area contributed by atoms with Crippen molar-refractivity contribution in [1.29, 1.82) is 0 Å². The predicted octanol–water partition coefficient (Wildman–Crippen LogP) is -0.0732. The summed E-state index contributed by atoms with van der Waals surface area (Å²) in [4.78, 5) is 116. The normalized spacial score (nSPS) is 27.3. The average Bonchev–Trinajstić information content (AvgIpc) is 3.62. The van der Waals surface area contributed by atoms with Crippen LogP contribution in [0.2, 0.25) is 0 Å². The van der Waals surface area contributed by atoms with Gasteiger partial charge in [0, 0.05) is 37.2 Å². The lowest BCUT2D eigenvalue weighted by molar-refractivity contribution is -0.148. The minimum absolute atomic E-state index is 0.0684. The molecule has 16 N–H and O–H groups in total. The van der Waals surface area contributed by atoms with E-state index in [9.17, 15) is 84.3 Å². The van der Waals surface area contributed by atoms with Crippen molar-refractivity contribution >= 4 is 74.9 Å². The van der Waals surface area contributed by atoms with Gasteiger partial charge in [0.05, 0.1) is 41.4 Å². The maximum atomic E-state index is 14.8. The molecule has 0 saturated carbocycles. The smallest absolute Gasteiger partial charge is 0.248 e. The first-order valence-electron chi connectivity index (χ1n) is 28.3. The summed E-state index contributed by atoms with van der Waals surface area (Å²) in [6.45, 7) is 6.82. The molecule has 2 aromatic carbocycles. The van der Waals surface area contributed by atoms with Crippen molar-refractivity contribution in [1.82, 2.24) is 36.4 Å². The van der Waals surface area contributed by atoms with Gasteiger partial charge in [-0.2, -0.15) is 0 Å². The van der Waals surface area contributed by atoms with Crippen LogP contribution in [0.1, 0.15) is 129 Å². The van der Waals surface area contributed by atoms with Crippen LogP contribution in [0, 0.1) is 11.8 Å². The van der Waals surface area contributed by atoms with Crippen molar-refractivity contribution in [3.63, 3.8) is 0 Å². The zero-order valence-electron chi connectivity index (χ0n) is 47.1. The van der Waals surface area contributed by atoms with Crippen LogP contribution in [0.3, 0.4) is 0 Å². The van der Waals surface area contributed by atoms with E-state index in [1.54, 1.807) is 0 Å². The summed E-state index contributed by atoms with van der Waals surface area (Å²) in [5.74, 6) is -8.45. The van der Waals surface area contributed by atoms with Crippen molar-refractivity contribution in [2.45, 2.75) is 207 Å². The van der Waals surface area contributed by atoms with Crippen molar-refractivity contribution in [3.05, 3.63) is 52.5 Å². The van der Waals surface area contributed by atoms with Gasteiger partial charge in [-0.25, -0.2) is 0 Å². The molecule has 0 bridgehead atoms. The zero-order chi connectivity index (χ0) is 61.4. The second kappa shape index (κ2) is 32.0. The number of unbranched alkanes of at least 4 members (excludes halogenated alkanes) is 5. The molecule has 8 amide bonds. The highest BCUT2D eigenvalue weighted by Crippen LogP contribution is 2.34. The Balaban J connectivity index is 1.56. The van der Waals surface area contributed by atoms with E-state index in [0.717, 1.165) is 79.1 Å². The number of carbonyl (C=O) groups excluding carboxylic acids is 8. The summed E-state index contributed by atoms with van der Waals surface area (Å²) in [5, 5.41) is 111. The lowest BCUT2D eigenvalue weighted by Crippen LogP contribution is -2.64. The number of halogens is 1. The Hall–Kier alpha value is -5.65. The van der Waals surface area contributed by atoms with Gasteiger partial charge in [-0.15, -0.1) is 0 Å². The molecule has 0 aliphatic carbocycles. The Kier molecular flexibility index (Phi) is 26.3. The predicted molar refractivity (Wildman–Crippen MR) is 305 cm³/mol. The molecule has 3 saturated heterocycles. The Morgan fingerprint density at radius 2 is 1.37 bits per heavy atom. The molecule has 25 nitrogen and oxygen atoms in total. The summed E-state index contributed by atoms with van der Waals surface area (Å²) in [7, 11) is 0. The molecule has 3 aliphatic heterocycles. The molecule has 16 atom stereocenters. The highest BCUT2D eigenvalue weighted by molar-refractivity contribution is 9.10. The fourth-order valence-corrected chi connectivity index (χ4v) is 12.2. The number of fused-ring (bicyclic) bond motifs is 2. The molecule has 2 unspecified atom stereocenters. The minimum Gasteiger partial charge on any atom is -0.508 e. The number of phenolic OH excluding ortho intramolecular Hbond substituents is 2. The lowest BCUT2D eigenvalue weighted by atomic mass is 9.91.